The van der Waals surface area contributed by atoms with E-state index in [1.807, 2.05) is 84.7 Å². The summed E-state index contributed by atoms with van der Waals surface area (Å²) in [5.41, 5.74) is 4.83. The number of carbonyl (C=O) groups is 2. The SMILES string of the molecule is COc1ccccc1CCN(C)C(=O)C1=C(c2ccc(OCCCOCc3ccccc3OC)cc2)C[C@@H]2CN(C(C)=O)C[C@H]1N2. The molecule has 9 nitrogen and oxygen atoms in total. The van der Waals surface area contributed by atoms with Crippen LogP contribution in [0.3, 0.4) is 0 Å². The second kappa shape index (κ2) is 15.8. The van der Waals surface area contributed by atoms with E-state index in [1.54, 1.807) is 26.0 Å². The normalized spacial score (nSPS) is 17.4. The third-order valence-electron chi connectivity index (χ3n) is 8.69. The number of piperazine rings is 1. The fourth-order valence-electron chi connectivity index (χ4n) is 6.24. The van der Waals surface area contributed by atoms with Gasteiger partial charge in [0, 0.05) is 57.2 Å². The third kappa shape index (κ3) is 8.08. The average molecular weight is 628 g/mol. The number of para-hydroxylation sites is 2. The minimum Gasteiger partial charge on any atom is -0.496 e. The molecular weight excluding hydrogens is 582 g/mol. The molecule has 5 rings (SSSR count). The molecule has 2 aliphatic rings. The van der Waals surface area contributed by atoms with Crippen LogP contribution < -0.4 is 19.5 Å². The summed E-state index contributed by atoms with van der Waals surface area (Å²) in [6.07, 6.45) is 2.09. The van der Waals surface area contributed by atoms with Crippen LogP contribution in [0.2, 0.25) is 0 Å². The molecule has 2 aliphatic heterocycles. The summed E-state index contributed by atoms with van der Waals surface area (Å²) in [7, 11) is 5.17. The summed E-state index contributed by atoms with van der Waals surface area (Å²) >= 11 is 0. The molecule has 3 aromatic rings. The zero-order valence-corrected chi connectivity index (χ0v) is 27.3. The van der Waals surface area contributed by atoms with Gasteiger partial charge in [-0.25, -0.2) is 0 Å². The van der Waals surface area contributed by atoms with Crippen molar-refractivity contribution in [3.05, 3.63) is 95.1 Å². The van der Waals surface area contributed by atoms with Crippen LogP contribution in [0.5, 0.6) is 17.2 Å². The molecule has 9 heteroatoms. The van der Waals surface area contributed by atoms with Gasteiger partial charge < -0.3 is 34.1 Å². The fraction of sp³-hybridized carbons (Fsp3) is 0.405. The van der Waals surface area contributed by atoms with Crippen molar-refractivity contribution in [3.63, 3.8) is 0 Å². The van der Waals surface area contributed by atoms with Crippen molar-refractivity contribution in [1.82, 2.24) is 15.1 Å². The maximum absolute atomic E-state index is 14.1. The molecule has 0 saturated carbocycles. The molecule has 0 aromatic heterocycles. The number of hydrogen-bond acceptors (Lipinski definition) is 7. The number of fused-ring (bicyclic) bond motifs is 2. The molecule has 0 spiro atoms. The number of carbonyl (C=O) groups excluding carboxylic acids is 2. The highest BCUT2D eigenvalue weighted by Gasteiger charge is 2.39. The van der Waals surface area contributed by atoms with Gasteiger partial charge >= 0.3 is 0 Å². The van der Waals surface area contributed by atoms with E-state index in [0.29, 0.717) is 52.3 Å². The Labute approximate surface area is 272 Å². The Morgan fingerprint density at radius 1 is 0.891 bits per heavy atom. The molecule has 0 aliphatic carbocycles. The Morgan fingerprint density at radius 3 is 2.26 bits per heavy atom. The summed E-state index contributed by atoms with van der Waals surface area (Å²) < 4.78 is 22.7. The topological polar surface area (TPSA) is 89.6 Å². The van der Waals surface area contributed by atoms with Gasteiger partial charge in [0.15, 0.2) is 0 Å². The van der Waals surface area contributed by atoms with E-state index < -0.39 is 0 Å². The van der Waals surface area contributed by atoms with E-state index in [9.17, 15) is 9.59 Å². The summed E-state index contributed by atoms with van der Waals surface area (Å²) in [6, 6.07) is 23.6. The lowest BCUT2D eigenvalue weighted by Gasteiger charge is -2.44. The summed E-state index contributed by atoms with van der Waals surface area (Å²) in [6.45, 7) is 4.83. The van der Waals surface area contributed by atoms with E-state index in [2.05, 4.69) is 5.32 Å². The number of ether oxygens (including phenoxy) is 4. The van der Waals surface area contributed by atoms with Crippen LogP contribution in [-0.4, -0.2) is 87.8 Å². The van der Waals surface area contributed by atoms with Crippen molar-refractivity contribution in [2.75, 3.05) is 54.1 Å². The first-order valence-electron chi connectivity index (χ1n) is 15.9. The first-order chi connectivity index (χ1) is 22.4. The van der Waals surface area contributed by atoms with Gasteiger partial charge in [-0.15, -0.1) is 0 Å². The lowest BCUT2D eigenvalue weighted by molar-refractivity contribution is -0.132. The van der Waals surface area contributed by atoms with Gasteiger partial charge in [-0.1, -0.05) is 48.5 Å². The third-order valence-corrected chi connectivity index (χ3v) is 8.69. The summed E-state index contributed by atoms with van der Waals surface area (Å²) in [5, 5.41) is 3.63. The molecular formula is C37H45N3O6. The Kier molecular flexibility index (Phi) is 11.3. The molecule has 0 unspecified atom stereocenters. The van der Waals surface area contributed by atoms with Crippen molar-refractivity contribution >= 4 is 17.4 Å². The molecule has 244 valence electrons. The smallest absolute Gasteiger partial charge is 0.251 e. The van der Waals surface area contributed by atoms with Gasteiger partial charge in [-0.2, -0.15) is 0 Å². The Bertz CT molecular complexity index is 1520. The molecule has 0 radical (unpaired) electrons. The standard InChI is InChI=1S/C37H45N3O6/c1-26(41)40-23-30-22-32(36(33(24-40)38-30)37(42)39(2)19-18-28-10-5-7-12-34(28)43-3)27-14-16-31(17-15-27)46-21-9-20-45-25-29-11-6-8-13-35(29)44-4/h5-8,10-17,30,33,38H,9,18-25H2,1-4H3/t30-,33-/m1/s1. The van der Waals surface area contributed by atoms with Gasteiger partial charge in [-0.05, 0) is 53.8 Å². The summed E-state index contributed by atoms with van der Waals surface area (Å²) in [5.74, 6) is 2.42. The molecule has 2 amide bonds. The molecule has 3 aromatic carbocycles. The van der Waals surface area contributed by atoms with Crippen molar-refractivity contribution in [3.8, 4) is 17.2 Å². The van der Waals surface area contributed by atoms with Gasteiger partial charge in [0.25, 0.3) is 5.91 Å². The van der Waals surface area contributed by atoms with Gasteiger partial charge in [0.1, 0.15) is 17.2 Å². The molecule has 1 N–H and O–H groups in total. The summed E-state index contributed by atoms with van der Waals surface area (Å²) in [4.78, 5) is 30.1. The maximum atomic E-state index is 14.1. The second-order valence-electron chi connectivity index (χ2n) is 11.8. The van der Waals surface area contributed by atoms with Crippen LogP contribution in [0.25, 0.3) is 5.57 Å². The number of hydrogen-bond donors (Lipinski definition) is 1. The van der Waals surface area contributed by atoms with E-state index in [-0.39, 0.29) is 23.9 Å². The van der Waals surface area contributed by atoms with E-state index >= 15 is 0 Å². The van der Waals surface area contributed by atoms with E-state index in [1.165, 1.54) is 0 Å². The van der Waals surface area contributed by atoms with E-state index in [0.717, 1.165) is 51.5 Å². The Balaban J connectivity index is 1.24. The number of methoxy groups -OCH3 is 2. The van der Waals surface area contributed by atoms with Crippen LogP contribution >= 0.6 is 0 Å². The lowest BCUT2D eigenvalue weighted by Crippen LogP contribution is -2.61. The van der Waals surface area contributed by atoms with Crippen molar-refractivity contribution in [2.45, 2.75) is 44.9 Å². The molecule has 1 saturated heterocycles. The second-order valence-corrected chi connectivity index (χ2v) is 11.8. The number of nitrogens with zero attached hydrogens (tertiary/aromatic N) is 2. The fourth-order valence-corrected chi connectivity index (χ4v) is 6.24. The lowest BCUT2D eigenvalue weighted by atomic mass is 9.83. The number of likely N-dealkylation sites (N-methyl/N-ethyl adjacent to an activating group) is 1. The molecule has 46 heavy (non-hydrogen) atoms. The number of rotatable bonds is 14. The minimum absolute atomic E-state index is 0.0281. The van der Waals surface area contributed by atoms with E-state index in [4.69, 9.17) is 18.9 Å². The van der Waals surface area contributed by atoms with Gasteiger partial charge in [0.05, 0.1) is 40.1 Å². The zero-order chi connectivity index (χ0) is 32.5. The predicted octanol–water partition coefficient (Wildman–Crippen LogP) is 4.74. The quantitative estimate of drug-likeness (QED) is 0.259. The number of nitrogens with one attached hydrogen (secondary N) is 1. The average Bonchev–Trinajstić information content (AvgIpc) is 3.08. The molecule has 2 bridgehead atoms. The minimum atomic E-state index is -0.237. The number of benzene rings is 3. The predicted molar refractivity (Wildman–Crippen MR) is 178 cm³/mol. The molecule has 2 atom stereocenters. The van der Waals surface area contributed by atoms with Gasteiger partial charge in [-0.3, -0.25) is 9.59 Å². The van der Waals surface area contributed by atoms with Gasteiger partial charge in [0.2, 0.25) is 5.91 Å². The highest BCUT2D eigenvalue weighted by Crippen LogP contribution is 2.35. The van der Waals surface area contributed by atoms with Crippen LogP contribution in [-0.2, 0) is 27.4 Å². The maximum Gasteiger partial charge on any atom is 0.251 e. The Morgan fingerprint density at radius 2 is 1.57 bits per heavy atom. The first kappa shape index (κ1) is 33.0. The van der Waals surface area contributed by atoms with Crippen LogP contribution in [0.4, 0.5) is 0 Å². The monoisotopic (exact) mass is 627 g/mol. The molecule has 1 fully saturated rings. The highest BCUT2D eigenvalue weighted by molar-refractivity contribution is 6.03. The van der Waals surface area contributed by atoms with Crippen LogP contribution in [0, 0.1) is 0 Å². The van der Waals surface area contributed by atoms with Crippen molar-refractivity contribution in [1.29, 1.82) is 0 Å². The first-order valence-corrected chi connectivity index (χ1v) is 15.9. The number of amides is 2. The molecule has 2 heterocycles. The highest BCUT2D eigenvalue weighted by atomic mass is 16.5. The van der Waals surface area contributed by atoms with Crippen molar-refractivity contribution < 1.29 is 28.5 Å². The van der Waals surface area contributed by atoms with Crippen LogP contribution in [0.15, 0.2) is 78.4 Å². The Hall–Kier alpha value is -4.34. The van der Waals surface area contributed by atoms with Crippen molar-refractivity contribution in [2.24, 2.45) is 0 Å². The zero-order valence-electron chi connectivity index (χ0n) is 27.3. The largest absolute Gasteiger partial charge is 0.496 e. The van der Waals surface area contributed by atoms with Crippen LogP contribution in [0.1, 0.15) is 36.5 Å².